The number of benzene rings is 1. The van der Waals surface area contributed by atoms with Gasteiger partial charge in [0.1, 0.15) is 12.1 Å². The summed E-state index contributed by atoms with van der Waals surface area (Å²) in [6.07, 6.45) is 1.70. The second kappa shape index (κ2) is 7.32. The van der Waals surface area contributed by atoms with Crippen LogP contribution in [0.4, 0.5) is 4.39 Å². The lowest BCUT2D eigenvalue weighted by Crippen LogP contribution is -2.48. The first-order chi connectivity index (χ1) is 11.9. The maximum absolute atomic E-state index is 13.3. The van der Waals surface area contributed by atoms with Gasteiger partial charge < -0.3 is 4.57 Å². The van der Waals surface area contributed by atoms with Crippen molar-refractivity contribution in [3.05, 3.63) is 41.2 Å². The van der Waals surface area contributed by atoms with Gasteiger partial charge in [0.05, 0.1) is 11.6 Å². The highest BCUT2D eigenvalue weighted by Crippen LogP contribution is 2.18. The molecule has 136 valence electrons. The lowest BCUT2D eigenvalue weighted by atomic mass is 10.4. The van der Waals surface area contributed by atoms with Crippen molar-refractivity contribution in [3.8, 4) is 0 Å². The van der Waals surface area contributed by atoms with Crippen LogP contribution in [0.3, 0.4) is 0 Å². The van der Waals surface area contributed by atoms with E-state index in [0.717, 1.165) is 12.6 Å². The minimum atomic E-state index is -3.67. The molecule has 2 aromatic rings. The number of piperazine rings is 1. The molecule has 0 N–H and O–H groups in total. The van der Waals surface area contributed by atoms with E-state index in [2.05, 4.69) is 10.00 Å². The molecule has 1 aromatic carbocycles. The molecule has 0 bridgehead atoms. The van der Waals surface area contributed by atoms with E-state index in [-0.39, 0.29) is 4.90 Å². The Hall–Kier alpha value is -1.62. The monoisotopic (exact) mass is 385 g/mol. The summed E-state index contributed by atoms with van der Waals surface area (Å²) in [6, 6.07) is 5.11. The van der Waals surface area contributed by atoms with Gasteiger partial charge in [-0.25, -0.2) is 17.5 Å². The molecule has 0 amide bonds. The van der Waals surface area contributed by atoms with Gasteiger partial charge in [0.25, 0.3) is 0 Å². The topological polar surface area (TPSA) is 63.4 Å². The lowest BCUT2D eigenvalue weighted by molar-refractivity contribution is 0.144. The highest BCUT2D eigenvalue weighted by molar-refractivity contribution is 7.89. The summed E-state index contributed by atoms with van der Waals surface area (Å²) in [7, 11) is -3.67. The average molecular weight is 385 g/mol. The predicted octanol–water partition coefficient (Wildman–Crippen LogP) is 1.54. The smallest absolute Gasteiger partial charge is 0.243 e. The van der Waals surface area contributed by atoms with Crippen LogP contribution in [0.5, 0.6) is 0 Å². The van der Waals surface area contributed by atoms with Gasteiger partial charge in [-0.2, -0.15) is 9.40 Å². The van der Waals surface area contributed by atoms with Crippen LogP contribution in [0.2, 0.25) is 0 Å². The molecule has 1 fully saturated rings. The van der Waals surface area contributed by atoms with Gasteiger partial charge in [-0.1, -0.05) is 6.07 Å². The first-order valence-electron chi connectivity index (χ1n) is 8.02. The Morgan fingerprint density at radius 3 is 2.56 bits per heavy atom. The molecular formula is C15H20FN5O2S2. The summed E-state index contributed by atoms with van der Waals surface area (Å²) in [5, 5.41) is 4.27. The van der Waals surface area contributed by atoms with Gasteiger partial charge >= 0.3 is 0 Å². The van der Waals surface area contributed by atoms with Gasteiger partial charge in [0.15, 0.2) is 4.77 Å². The fourth-order valence-corrected chi connectivity index (χ4v) is 4.50. The minimum Gasteiger partial charge on any atom is -0.307 e. The van der Waals surface area contributed by atoms with Crippen LogP contribution in [-0.4, -0.2) is 58.1 Å². The number of rotatable bonds is 5. The van der Waals surface area contributed by atoms with E-state index < -0.39 is 15.8 Å². The van der Waals surface area contributed by atoms with E-state index in [0.29, 0.717) is 37.6 Å². The molecule has 0 atom stereocenters. The van der Waals surface area contributed by atoms with Gasteiger partial charge in [-0.05, 0) is 37.3 Å². The number of nitrogens with zero attached hydrogens (tertiary/aromatic N) is 5. The molecule has 0 saturated carbocycles. The Kier molecular flexibility index (Phi) is 5.32. The second-order valence-corrected chi connectivity index (χ2v) is 8.12. The van der Waals surface area contributed by atoms with Gasteiger partial charge in [0, 0.05) is 32.7 Å². The van der Waals surface area contributed by atoms with Crippen molar-refractivity contribution in [2.75, 3.05) is 26.2 Å². The third kappa shape index (κ3) is 3.81. The Bertz CT molecular complexity index is 901. The zero-order valence-electron chi connectivity index (χ0n) is 13.9. The number of hydrogen-bond acceptors (Lipinski definition) is 5. The zero-order chi connectivity index (χ0) is 18.0. The zero-order valence-corrected chi connectivity index (χ0v) is 15.5. The van der Waals surface area contributed by atoms with Crippen molar-refractivity contribution < 1.29 is 12.8 Å². The minimum absolute atomic E-state index is 0.00939. The van der Waals surface area contributed by atoms with Gasteiger partial charge in [-0.15, -0.1) is 0 Å². The summed E-state index contributed by atoms with van der Waals surface area (Å²) in [5.74, 6) is -0.555. The van der Waals surface area contributed by atoms with Crippen LogP contribution in [-0.2, 0) is 23.2 Å². The summed E-state index contributed by atoms with van der Waals surface area (Å²) in [5.41, 5.74) is 0. The molecule has 1 aliphatic heterocycles. The molecule has 1 aromatic heterocycles. The summed E-state index contributed by atoms with van der Waals surface area (Å²) >= 11 is 5.35. The summed E-state index contributed by atoms with van der Waals surface area (Å²) < 4.78 is 44.2. The highest BCUT2D eigenvalue weighted by Gasteiger charge is 2.28. The summed E-state index contributed by atoms with van der Waals surface area (Å²) in [4.78, 5) is 2.09. The predicted molar refractivity (Wildman–Crippen MR) is 93.5 cm³/mol. The molecule has 25 heavy (non-hydrogen) atoms. The van der Waals surface area contributed by atoms with Crippen molar-refractivity contribution in [2.45, 2.75) is 25.0 Å². The largest absolute Gasteiger partial charge is 0.307 e. The number of aromatic nitrogens is 3. The standard InChI is InChI=1S/C15H20FN5O2S2/c1-2-19-11-17-21(15(19)24)12-18-6-8-20(9-7-18)25(22,23)14-5-3-4-13(16)10-14/h3-5,10-11H,2,6-9,12H2,1H3. The number of sulfonamides is 1. The van der Waals surface area contributed by atoms with Gasteiger partial charge in [0.2, 0.25) is 10.0 Å². The lowest BCUT2D eigenvalue weighted by Gasteiger charge is -2.33. The SMILES string of the molecule is CCn1cnn(CN2CCN(S(=O)(=O)c3cccc(F)c3)CC2)c1=S. The van der Waals surface area contributed by atoms with Crippen LogP contribution in [0, 0.1) is 10.6 Å². The Balaban J connectivity index is 1.65. The van der Waals surface area contributed by atoms with E-state index >= 15 is 0 Å². The number of halogens is 1. The van der Waals surface area contributed by atoms with Crippen molar-refractivity contribution in [3.63, 3.8) is 0 Å². The first-order valence-corrected chi connectivity index (χ1v) is 9.87. The highest BCUT2D eigenvalue weighted by atomic mass is 32.2. The van der Waals surface area contributed by atoms with E-state index in [1.165, 1.54) is 22.5 Å². The van der Waals surface area contributed by atoms with E-state index in [1.807, 2.05) is 11.5 Å². The van der Waals surface area contributed by atoms with Crippen molar-refractivity contribution in [2.24, 2.45) is 0 Å². The van der Waals surface area contributed by atoms with E-state index in [4.69, 9.17) is 12.2 Å². The Labute approximate surface area is 151 Å². The van der Waals surface area contributed by atoms with Crippen LogP contribution in [0.25, 0.3) is 0 Å². The quantitative estimate of drug-likeness (QED) is 0.731. The Morgan fingerprint density at radius 2 is 1.96 bits per heavy atom. The van der Waals surface area contributed by atoms with Crippen LogP contribution >= 0.6 is 12.2 Å². The van der Waals surface area contributed by atoms with E-state index in [9.17, 15) is 12.8 Å². The molecule has 10 heteroatoms. The second-order valence-electron chi connectivity index (χ2n) is 5.82. The molecule has 0 spiro atoms. The summed E-state index contributed by atoms with van der Waals surface area (Å²) in [6.45, 7) is 5.11. The molecule has 3 rings (SSSR count). The van der Waals surface area contributed by atoms with E-state index in [1.54, 1.807) is 11.0 Å². The molecular weight excluding hydrogens is 365 g/mol. The molecule has 1 aliphatic rings. The molecule has 2 heterocycles. The number of hydrogen-bond donors (Lipinski definition) is 0. The molecule has 7 nitrogen and oxygen atoms in total. The average Bonchev–Trinajstić information content (AvgIpc) is 2.95. The van der Waals surface area contributed by atoms with Crippen LogP contribution < -0.4 is 0 Å². The van der Waals surface area contributed by atoms with Gasteiger partial charge in [-0.3, -0.25) is 4.90 Å². The fraction of sp³-hybridized carbons (Fsp3) is 0.467. The maximum Gasteiger partial charge on any atom is 0.243 e. The van der Waals surface area contributed by atoms with Crippen LogP contribution in [0.1, 0.15) is 6.92 Å². The Morgan fingerprint density at radius 1 is 1.24 bits per heavy atom. The molecule has 1 saturated heterocycles. The molecule has 0 aliphatic carbocycles. The van der Waals surface area contributed by atoms with Crippen LogP contribution in [0.15, 0.2) is 35.5 Å². The first kappa shape index (κ1) is 18.2. The van der Waals surface area contributed by atoms with Crippen molar-refractivity contribution >= 4 is 22.2 Å². The third-order valence-electron chi connectivity index (χ3n) is 4.24. The maximum atomic E-state index is 13.3. The third-order valence-corrected chi connectivity index (χ3v) is 6.58. The van der Waals surface area contributed by atoms with Crippen molar-refractivity contribution in [1.29, 1.82) is 0 Å². The molecule has 0 radical (unpaired) electrons. The fourth-order valence-electron chi connectivity index (χ4n) is 2.76. The number of aryl methyl sites for hydroxylation is 1. The molecule has 0 unspecified atom stereocenters. The normalized spacial score (nSPS) is 17.0. The van der Waals surface area contributed by atoms with Crippen molar-refractivity contribution in [1.82, 2.24) is 23.6 Å².